The average Bonchev–Trinajstić information content (AvgIpc) is 2.86. The second-order valence-electron chi connectivity index (χ2n) is 3.94. The Kier molecular flexibility index (Phi) is 4.04. The molecule has 0 spiro atoms. The summed E-state index contributed by atoms with van der Waals surface area (Å²) in [5.74, 6) is 1.64. The third kappa shape index (κ3) is 2.42. The van der Waals surface area contributed by atoms with Gasteiger partial charge in [0.25, 0.3) is 0 Å². The van der Waals surface area contributed by atoms with Crippen LogP contribution in [0.4, 0.5) is 0 Å². The quantitative estimate of drug-likeness (QED) is 0.944. The molecule has 0 aliphatic carbocycles. The van der Waals surface area contributed by atoms with E-state index in [1.165, 1.54) is 0 Å². The zero-order valence-corrected chi connectivity index (χ0v) is 12.0. The fourth-order valence-corrected chi connectivity index (χ4v) is 2.39. The van der Waals surface area contributed by atoms with Crippen LogP contribution < -0.4 is 10.5 Å². The molecule has 2 rings (SSSR count). The van der Waals surface area contributed by atoms with Crippen LogP contribution in [0.2, 0.25) is 0 Å². The highest BCUT2D eigenvalue weighted by Crippen LogP contribution is 2.29. The van der Waals surface area contributed by atoms with E-state index in [4.69, 9.17) is 10.5 Å². The Bertz CT molecular complexity index is 539. The van der Waals surface area contributed by atoms with Crippen LogP contribution >= 0.6 is 15.9 Å². The van der Waals surface area contributed by atoms with E-state index in [-0.39, 0.29) is 6.04 Å². The number of methoxy groups -OCH3 is 1. The lowest BCUT2D eigenvalue weighted by Crippen LogP contribution is -2.18. The van der Waals surface area contributed by atoms with Crippen molar-refractivity contribution in [2.45, 2.75) is 19.5 Å². The summed E-state index contributed by atoms with van der Waals surface area (Å²) in [6.07, 6.45) is 3.70. The Morgan fingerprint density at radius 2 is 2.28 bits per heavy atom. The van der Waals surface area contributed by atoms with Crippen molar-refractivity contribution in [2.75, 3.05) is 7.11 Å². The zero-order chi connectivity index (χ0) is 13.1. The van der Waals surface area contributed by atoms with Gasteiger partial charge in [0.1, 0.15) is 11.6 Å². The summed E-state index contributed by atoms with van der Waals surface area (Å²) in [6.45, 7) is 2.92. The van der Waals surface area contributed by atoms with E-state index in [0.29, 0.717) is 0 Å². The smallest absolute Gasteiger partial charge is 0.130 e. The van der Waals surface area contributed by atoms with Gasteiger partial charge in [0.05, 0.1) is 13.2 Å². The number of aromatic nitrogens is 2. The third-order valence-electron chi connectivity index (χ3n) is 2.90. The molecule has 2 N–H and O–H groups in total. The molecule has 0 saturated heterocycles. The Morgan fingerprint density at radius 3 is 2.94 bits per heavy atom. The highest BCUT2D eigenvalue weighted by Gasteiger charge is 2.17. The molecule has 0 fully saturated rings. The van der Waals surface area contributed by atoms with Crippen molar-refractivity contribution in [3.8, 4) is 5.75 Å². The van der Waals surface area contributed by atoms with E-state index >= 15 is 0 Å². The van der Waals surface area contributed by atoms with Gasteiger partial charge < -0.3 is 15.0 Å². The lowest BCUT2D eigenvalue weighted by atomic mass is 10.1. The van der Waals surface area contributed by atoms with Gasteiger partial charge in [-0.15, -0.1) is 0 Å². The van der Waals surface area contributed by atoms with Crippen LogP contribution in [-0.2, 0) is 6.54 Å². The van der Waals surface area contributed by atoms with E-state index in [9.17, 15) is 0 Å². The van der Waals surface area contributed by atoms with Crippen molar-refractivity contribution < 1.29 is 4.74 Å². The van der Waals surface area contributed by atoms with Crippen LogP contribution in [0.3, 0.4) is 0 Å². The molecule has 0 aliphatic rings. The predicted molar refractivity (Wildman–Crippen MR) is 74.6 cm³/mol. The number of halogens is 1. The van der Waals surface area contributed by atoms with Crippen LogP contribution in [0.5, 0.6) is 5.75 Å². The van der Waals surface area contributed by atoms with Gasteiger partial charge in [0.2, 0.25) is 0 Å². The van der Waals surface area contributed by atoms with Crippen molar-refractivity contribution in [3.05, 3.63) is 46.5 Å². The maximum absolute atomic E-state index is 6.29. The number of imidazole rings is 1. The van der Waals surface area contributed by atoms with Gasteiger partial charge in [-0.3, -0.25) is 0 Å². The number of nitrogens with zero attached hydrogens (tertiary/aromatic N) is 2. The maximum atomic E-state index is 6.29. The SMILES string of the molecule is CCn1ccnc1C(N)c1cc(OC)ccc1Br. The summed E-state index contributed by atoms with van der Waals surface area (Å²) in [6, 6.07) is 5.49. The van der Waals surface area contributed by atoms with Gasteiger partial charge >= 0.3 is 0 Å². The number of rotatable bonds is 4. The number of benzene rings is 1. The molecule has 0 aliphatic heterocycles. The van der Waals surface area contributed by atoms with Gasteiger partial charge in [0.15, 0.2) is 0 Å². The van der Waals surface area contributed by atoms with Gasteiger partial charge in [-0.1, -0.05) is 15.9 Å². The Morgan fingerprint density at radius 1 is 1.50 bits per heavy atom. The number of ether oxygens (including phenoxy) is 1. The Labute approximate surface area is 115 Å². The second kappa shape index (κ2) is 5.54. The van der Waals surface area contributed by atoms with Crippen LogP contribution in [-0.4, -0.2) is 16.7 Å². The summed E-state index contributed by atoms with van der Waals surface area (Å²) in [7, 11) is 1.64. The lowest BCUT2D eigenvalue weighted by molar-refractivity contribution is 0.414. The molecule has 0 saturated carbocycles. The maximum Gasteiger partial charge on any atom is 0.130 e. The van der Waals surface area contributed by atoms with E-state index in [1.807, 2.05) is 29.0 Å². The van der Waals surface area contributed by atoms with Gasteiger partial charge in [-0.25, -0.2) is 4.98 Å². The minimum absolute atomic E-state index is 0.274. The highest BCUT2D eigenvalue weighted by molar-refractivity contribution is 9.10. The molecule has 5 heteroatoms. The van der Waals surface area contributed by atoms with Crippen molar-refractivity contribution in [1.29, 1.82) is 0 Å². The molecule has 4 nitrogen and oxygen atoms in total. The first-order chi connectivity index (χ1) is 8.67. The first-order valence-corrected chi connectivity index (χ1v) is 6.56. The molecule has 18 heavy (non-hydrogen) atoms. The third-order valence-corrected chi connectivity index (χ3v) is 3.63. The van der Waals surface area contributed by atoms with Crippen molar-refractivity contribution in [3.63, 3.8) is 0 Å². The van der Waals surface area contributed by atoms with Crippen molar-refractivity contribution in [1.82, 2.24) is 9.55 Å². The van der Waals surface area contributed by atoms with Gasteiger partial charge in [-0.2, -0.15) is 0 Å². The molecule has 1 aromatic carbocycles. The Hall–Kier alpha value is -1.33. The highest BCUT2D eigenvalue weighted by atomic mass is 79.9. The molecule has 1 unspecified atom stereocenters. The molecule has 1 aromatic heterocycles. The average molecular weight is 310 g/mol. The van der Waals surface area contributed by atoms with Gasteiger partial charge in [0, 0.05) is 23.4 Å². The molecule has 96 valence electrons. The fourth-order valence-electron chi connectivity index (χ4n) is 1.89. The van der Waals surface area contributed by atoms with E-state index in [1.54, 1.807) is 13.3 Å². The molecule has 1 atom stereocenters. The second-order valence-corrected chi connectivity index (χ2v) is 4.79. The van der Waals surface area contributed by atoms with Crippen molar-refractivity contribution in [2.24, 2.45) is 5.73 Å². The first kappa shape index (κ1) is 13.1. The largest absolute Gasteiger partial charge is 0.497 e. The minimum atomic E-state index is -0.274. The predicted octanol–water partition coefficient (Wildman–Crippen LogP) is 2.72. The summed E-state index contributed by atoms with van der Waals surface area (Å²) in [5.41, 5.74) is 7.26. The molecular formula is C13H16BrN3O. The number of hydrogen-bond acceptors (Lipinski definition) is 3. The molecule has 1 heterocycles. The normalized spacial score (nSPS) is 12.4. The monoisotopic (exact) mass is 309 g/mol. The lowest BCUT2D eigenvalue weighted by Gasteiger charge is -2.16. The number of aryl methyl sites for hydroxylation is 1. The van der Waals surface area contributed by atoms with Crippen molar-refractivity contribution >= 4 is 15.9 Å². The standard InChI is InChI=1S/C13H16BrN3O/c1-3-17-7-6-16-13(17)12(15)10-8-9(18-2)4-5-11(10)14/h4-8,12H,3,15H2,1-2H3. The van der Waals surface area contributed by atoms with Gasteiger partial charge in [-0.05, 0) is 30.7 Å². The van der Waals surface area contributed by atoms with Crippen LogP contribution in [0, 0.1) is 0 Å². The zero-order valence-electron chi connectivity index (χ0n) is 10.4. The van der Waals surface area contributed by atoms with Crippen LogP contribution in [0.15, 0.2) is 35.1 Å². The van der Waals surface area contributed by atoms with Crippen LogP contribution in [0.1, 0.15) is 24.4 Å². The topological polar surface area (TPSA) is 53.1 Å². The molecule has 0 amide bonds. The molecular weight excluding hydrogens is 294 g/mol. The number of nitrogens with two attached hydrogens (primary N) is 1. The van der Waals surface area contributed by atoms with Crippen LogP contribution in [0.25, 0.3) is 0 Å². The summed E-state index contributed by atoms with van der Waals surface area (Å²) in [5, 5.41) is 0. The summed E-state index contributed by atoms with van der Waals surface area (Å²) < 4.78 is 8.23. The van der Waals surface area contributed by atoms with E-state index in [2.05, 4.69) is 27.8 Å². The summed E-state index contributed by atoms with van der Waals surface area (Å²) in [4.78, 5) is 4.34. The Balaban J connectivity index is 2.42. The molecule has 0 bridgehead atoms. The minimum Gasteiger partial charge on any atom is -0.497 e. The number of hydrogen-bond donors (Lipinski definition) is 1. The summed E-state index contributed by atoms with van der Waals surface area (Å²) >= 11 is 3.52. The first-order valence-electron chi connectivity index (χ1n) is 5.77. The molecule has 2 aromatic rings. The van der Waals surface area contributed by atoms with E-state index < -0.39 is 0 Å². The molecule has 0 radical (unpaired) electrons. The van der Waals surface area contributed by atoms with E-state index in [0.717, 1.165) is 28.2 Å². The fraction of sp³-hybridized carbons (Fsp3) is 0.308.